The molecule has 0 radical (unpaired) electrons. The number of nitrogens with two attached hydrogens (primary N) is 2. The smallest absolute Gasteiger partial charge is 0.322 e. The monoisotopic (exact) mass is 438 g/mol. The minimum atomic E-state index is -1.12. The quantitative estimate of drug-likeness (QED) is 0.344. The van der Waals surface area contributed by atoms with Gasteiger partial charge in [-0.1, -0.05) is 24.3 Å². The Balaban J connectivity index is 0.00000176. The highest BCUT2D eigenvalue weighted by atomic mass is 16.4. The number of hydrogen-bond acceptors (Lipinski definition) is 6. The van der Waals surface area contributed by atoms with Crippen LogP contribution in [0.25, 0.3) is 16.8 Å². The summed E-state index contributed by atoms with van der Waals surface area (Å²) in [6.07, 6.45) is 1.99. The molecule has 3 rings (SSSR count). The van der Waals surface area contributed by atoms with E-state index in [1.54, 1.807) is 36.4 Å². The van der Waals surface area contributed by atoms with E-state index in [1.165, 1.54) is 17.9 Å². The number of carboxylic acid groups (broad SMARTS) is 1. The molecule has 11 nitrogen and oxygen atoms in total. The lowest BCUT2D eigenvalue weighted by molar-refractivity contribution is -0.135. The summed E-state index contributed by atoms with van der Waals surface area (Å²) in [7, 11) is 1.50. The minimum absolute atomic E-state index is 0.0379. The first-order valence-electron chi connectivity index (χ1n) is 9.27. The highest BCUT2D eigenvalue weighted by Gasteiger charge is 2.12. The average molecular weight is 438 g/mol. The van der Waals surface area contributed by atoms with E-state index in [9.17, 15) is 19.2 Å². The fourth-order valence-corrected chi connectivity index (χ4v) is 2.74. The van der Waals surface area contributed by atoms with Crippen LogP contribution in [0.1, 0.15) is 20.8 Å². The van der Waals surface area contributed by atoms with Crippen LogP contribution in [0.15, 0.2) is 54.7 Å². The molecule has 0 aliphatic carbocycles. The predicted molar refractivity (Wildman–Crippen MR) is 118 cm³/mol. The second kappa shape index (κ2) is 11.0. The molecular formula is C21H22N6O5. The van der Waals surface area contributed by atoms with Crippen molar-refractivity contribution in [3.05, 3.63) is 66.0 Å². The Kier molecular flexibility index (Phi) is 8.20. The maximum Gasteiger partial charge on any atom is 0.322 e. The number of nitrogens with one attached hydrogen (secondary N) is 2. The van der Waals surface area contributed by atoms with E-state index in [4.69, 9.17) is 10.8 Å². The highest BCUT2D eigenvalue weighted by molar-refractivity contribution is 5.96. The van der Waals surface area contributed by atoms with Crippen molar-refractivity contribution in [2.24, 2.45) is 11.5 Å². The zero-order valence-corrected chi connectivity index (χ0v) is 17.1. The second-order valence-electron chi connectivity index (χ2n) is 6.18. The number of amides is 3. The van der Waals surface area contributed by atoms with Gasteiger partial charge in [0.2, 0.25) is 0 Å². The molecule has 1 aromatic heterocycles. The molecule has 0 saturated heterocycles. The van der Waals surface area contributed by atoms with Crippen LogP contribution in [-0.2, 0) is 4.79 Å². The number of aliphatic carboxylic acids is 1. The number of benzene rings is 2. The van der Waals surface area contributed by atoms with Crippen molar-refractivity contribution in [3.63, 3.8) is 0 Å². The van der Waals surface area contributed by atoms with Crippen molar-refractivity contribution in [1.82, 2.24) is 15.1 Å². The molecule has 166 valence electrons. The van der Waals surface area contributed by atoms with Crippen molar-refractivity contribution >= 4 is 29.9 Å². The summed E-state index contributed by atoms with van der Waals surface area (Å²) in [5, 5.41) is 17.4. The third kappa shape index (κ3) is 6.00. The molecule has 0 aliphatic heterocycles. The lowest BCUT2D eigenvalue weighted by Gasteiger charge is -2.07. The first-order valence-corrected chi connectivity index (χ1v) is 9.27. The van der Waals surface area contributed by atoms with Gasteiger partial charge in [-0.15, -0.1) is 0 Å². The molecular weight excluding hydrogens is 416 g/mol. The van der Waals surface area contributed by atoms with Gasteiger partial charge in [0.25, 0.3) is 5.91 Å². The van der Waals surface area contributed by atoms with Crippen molar-refractivity contribution in [1.29, 1.82) is 0 Å². The van der Waals surface area contributed by atoms with Crippen LogP contribution in [-0.4, -0.2) is 52.7 Å². The van der Waals surface area contributed by atoms with Crippen LogP contribution in [0, 0.1) is 0 Å². The van der Waals surface area contributed by atoms with E-state index < -0.39 is 24.5 Å². The second-order valence-corrected chi connectivity index (χ2v) is 6.18. The minimum Gasteiger partial charge on any atom is -0.480 e. The third-order valence-electron chi connectivity index (χ3n) is 4.10. The van der Waals surface area contributed by atoms with Gasteiger partial charge in [0.05, 0.1) is 17.6 Å². The van der Waals surface area contributed by atoms with Crippen LogP contribution in [0.5, 0.6) is 0 Å². The van der Waals surface area contributed by atoms with Crippen molar-refractivity contribution in [2.45, 2.75) is 0 Å². The first-order chi connectivity index (χ1) is 15.4. The Bertz CT molecular complexity index is 1120. The Morgan fingerprint density at radius 1 is 1.09 bits per heavy atom. The molecule has 11 heteroatoms. The maximum absolute atomic E-state index is 11.9. The van der Waals surface area contributed by atoms with Crippen LogP contribution >= 0.6 is 0 Å². The SMILES string of the molecule is CN.NC(=O)Nc1cn(-c2cccc(-c3ccc(C(=O)NCC(=O)O)cc3)c2)nc1C=O. The molecule has 3 aromatic rings. The maximum atomic E-state index is 11.9. The topological polar surface area (TPSA) is 182 Å². The number of carbonyl (C=O) groups excluding carboxylic acids is 3. The Morgan fingerprint density at radius 3 is 2.38 bits per heavy atom. The van der Waals surface area contributed by atoms with Gasteiger partial charge in [-0.3, -0.25) is 14.4 Å². The Hall–Kier alpha value is -4.51. The van der Waals surface area contributed by atoms with Crippen LogP contribution in [0.4, 0.5) is 10.5 Å². The fraction of sp³-hybridized carbons (Fsp3) is 0.0952. The summed E-state index contributed by atoms with van der Waals surface area (Å²) in [5.74, 6) is -1.60. The van der Waals surface area contributed by atoms with E-state index in [0.717, 1.165) is 11.1 Å². The summed E-state index contributed by atoms with van der Waals surface area (Å²) in [4.78, 5) is 44.7. The Morgan fingerprint density at radius 2 is 1.78 bits per heavy atom. The lowest BCUT2D eigenvalue weighted by Crippen LogP contribution is -2.29. The molecule has 0 bridgehead atoms. The van der Waals surface area contributed by atoms with Gasteiger partial charge >= 0.3 is 12.0 Å². The van der Waals surface area contributed by atoms with Crippen LogP contribution in [0.2, 0.25) is 0 Å². The van der Waals surface area contributed by atoms with Crippen molar-refractivity contribution < 1.29 is 24.3 Å². The molecule has 0 unspecified atom stereocenters. The molecule has 1 heterocycles. The average Bonchev–Trinajstić information content (AvgIpc) is 3.21. The number of hydrogen-bond donors (Lipinski definition) is 5. The van der Waals surface area contributed by atoms with Gasteiger partial charge in [0, 0.05) is 5.56 Å². The summed E-state index contributed by atoms with van der Waals surface area (Å²) in [6.45, 7) is -0.456. The van der Waals surface area contributed by atoms with E-state index in [2.05, 4.69) is 21.5 Å². The zero-order chi connectivity index (χ0) is 23.7. The standard InChI is InChI=1S/C20H17N5O5.CH5N/c21-20(30)23-16-10-25(24-17(16)11-26)15-3-1-2-14(8-15)12-4-6-13(7-5-12)19(29)22-9-18(27)28;1-2/h1-8,10-11H,9H2,(H,22,29)(H,27,28)(H3,21,23,30);2H2,1H3. The number of aldehydes is 1. The van der Waals surface area contributed by atoms with Gasteiger partial charge in [-0.05, 0) is 42.4 Å². The van der Waals surface area contributed by atoms with Crippen molar-refractivity contribution in [3.8, 4) is 16.8 Å². The number of carbonyl (C=O) groups is 4. The van der Waals surface area contributed by atoms with Gasteiger partial charge in [0.1, 0.15) is 12.2 Å². The van der Waals surface area contributed by atoms with Crippen molar-refractivity contribution in [2.75, 3.05) is 18.9 Å². The molecule has 0 saturated carbocycles. The number of nitrogens with zero attached hydrogens (tertiary/aromatic N) is 2. The number of aromatic nitrogens is 2. The molecule has 7 N–H and O–H groups in total. The van der Waals surface area contributed by atoms with Gasteiger partial charge in [-0.25, -0.2) is 9.48 Å². The summed E-state index contributed by atoms with van der Waals surface area (Å²) in [6, 6.07) is 13.1. The number of rotatable bonds is 7. The fourth-order valence-electron chi connectivity index (χ4n) is 2.74. The van der Waals surface area contributed by atoms with E-state index in [0.29, 0.717) is 17.5 Å². The normalized spacial score (nSPS) is 9.81. The number of urea groups is 1. The van der Waals surface area contributed by atoms with Crippen LogP contribution < -0.4 is 22.1 Å². The van der Waals surface area contributed by atoms with Gasteiger partial charge in [-0.2, -0.15) is 5.10 Å². The van der Waals surface area contributed by atoms with Gasteiger partial charge < -0.3 is 27.2 Å². The predicted octanol–water partition coefficient (Wildman–Crippen LogP) is 1.23. The molecule has 0 spiro atoms. The molecule has 0 aliphatic rings. The molecule has 32 heavy (non-hydrogen) atoms. The molecule has 2 aromatic carbocycles. The molecule has 0 fully saturated rings. The van der Waals surface area contributed by atoms with E-state index in [-0.39, 0.29) is 11.4 Å². The van der Waals surface area contributed by atoms with Gasteiger partial charge in [0.15, 0.2) is 6.29 Å². The summed E-state index contributed by atoms with van der Waals surface area (Å²) >= 11 is 0. The largest absolute Gasteiger partial charge is 0.480 e. The summed E-state index contributed by atoms with van der Waals surface area (Å²) < 4.78 is 1.44. The molecule has 0 atom stereocenters. The van der Waals surface area contributed by atoms with Crippen LogP contribution in [0.3, 0.4) is 0 Å². The number of anilines is 1. The zero-order valence-electron chi connectivity index (χ0n) is 17.1. The first kappa shape index (κ1) is 23.8. The number of carboxylic acids is 1. The number of primary amides is 1. The highest BCUT2D eigenvalue weighted by Crippen LogP contribution is 2.24. The Labute approximate surface area is 183 Å². The van der Waals surface area contributed by atoms with E-state index in [1.807, 2.05) is 12.1 Å². The lowest BCUT2D eigenvalue weighted by atomic mass is 10.0. The molecule has 3 amide bonds. The van der Waals surface area contributed by atoms with E-state index >= 15 is 0 Å². The summed E-state index contributed by atoms with van der Waals surface area (Å²) in [5.41, 5.74) is 12.4. The third-order valence-corrected chi connectivity index (χ3v) is 4.10.